The average Bonchev–Trinajstić information content (AvgIpc) is 3.14. The van der Waals surface area contributed by atoms with Gasteiger partial charge in [-0.25, -0.2) is 19.9 Å². The van der Waals surface area contributed by atoms with E-state index >= 15 is 0 Å². The summed E-state index contributed by atoms with van der Waals surface area (Å²) in [5.74, 6) is 1.39. The van der Waals surface area contributed by atoms with Gasteiger partial charge in [-0.15, -0.1) is 0 Å². The summed E-state index contributed by atoms with van der Waals surface area (Å²) in [5.41, 5.74) is 6.75. The fourth-order valence-corrected chi connectivity index (χ4v) is 6.23. The molecule has 4 heterocycles. The molecule has 9 rings (SSSR count). The van der Waals surface area contributed by atoms with Crippen molar-refractivity contribution in [3.05, 3.63) is 146 Å². The van der Waals surface area contributed by atoms with Crippen LogP contribution in [-0.4, -0.2) is 29.9 Å². The van der Waals surface area contributed by atoms with Crippen LogP contribution in [-0.2, 0) is 0 Å². The van der Waals surface area contributed by atoms with Crippen molar-refractivity contribution in [2.75, 3.05) is 0 Å². The lowest BCUT2D eigenvalue weighted by Crippen LogP contribution is -1.93. The van der Waals surface area contributed by atoms with E-state index in [2.05, 4.69) is 98.8 Å². The van der Waals surface area contributed by atoms with Gasteiger partial charge in [0.2, 0.25) is 0 Å². The smallest absolute Gasteiger partial charge is 0.159 e. The molecule has 0 aliphatic heterocycles. The predicted octanol–water partition coefficient (Wildman–Crippen LogP) is 9.34. The normalized spacial score (nSPS) is 11.5. The summed E-state index contributed by atoms with van der Waals surface area (Å²) >= 11 is 0. The number of hydrogen-bond donors (Lipinski definition) is 0. The Hall–Kier alpha value is -6.40. The number of aromatic nitrogens is 6. The second-order valence-corrected chi connectivity index (χ2v) is 11.3. The number of benzene rings is 5. The third-order valence-electron chi connectivity index (χ3n) is 8.52. The summed E-state index contributed by atoms with van der Waals surface area (Å²) in [4.78, 5) is 27.9. The maximum atomic E-state index is 4.97. The molecule has 0 unspecified atom stereocenters. The number of pyridine rings is 2. The molecular formula is C40H24N6. The monoisotopic (exact) mass is 588 g/mol. The molecule has 4 aromatic heterocycles. The number of hydrogen-bond acceptors (Lipinski definition) is 6. The maximum Gasteiger partial charge on any atom is 0.159 e. The van der Waals surface area contributed by atoms with Gasteiger partial charge >= 0.3 is 0 Å². The van der Waals surface area contributed by atoms with E-state index in [-0.39, 0.29) is 0 Å². The molecule has 0 aliphatic carbocycles. The topological polar surface area (TPSA) is 77.3 Å². The van der Waals surface area contributed by atoms with Gasteiger partial charge in [0.25, 0.3) is 0 Å². The van der Waals surface area contributed by atoms with Gasteiger partial charge in [-0.2, -0.15) is 0 Å². The minimum Gasteiger partial charge on any atom is -0.264 e. The van der Waals surface area contributed by atoms with Crippen molar-refractivity contribution < 1.29 is 0 Å². The Kier molecular flexibility index (Phi) is 6.03. The van der Waals surface area contributed by atoms with Gasteiger partial charge in [0.05, 0.1) is 16.9 Å². The number of rotatable bonds is 4. The summed E-state index contributed by atoms with van der Waals surface area (Å²) in [6.07, 6.45) is 9.16. The van der Waals surface area contributed by atoms with E-state index in [1.807, 2.05) is 67.4 Å². The first kappa shape index (κ1) is 26.0. The Morgan fingerprint density at radius 1 is 0.391 bits per heavy atom. The highest BCUT2D eigenvalue weighted by molar-refractivity contribution is 6.09. The molecule has 0 atom stereocenters. The van der Waals surface area contributed by atoms with Crippen LogP contribution >= 0.6 is 0 Å². The van der Waals surface area contributed by atoms with Crippen LogP contribution in [0.15, 0.2) is 146 Å². The molecule has 0 N–H and O–H groups in total. The summed E-state index contributed by atoms with van der Waals surface area (Å²) in [7, 11) is 0. The second kappa shape index (κ2) is 10.6. The van der Waals surface area contributed by atoms with Gasteiger partial charge in [0.1, 0.15) is 0 Å². The number of fused-ring (bicyclic) bond motifs is 5. The summed E-state index contributed by atoms with van der Waals surface area (Å²) in [5, 5.41) is 7.92. The molecule has 46 heavy (non-hydrogen) atoms. The first-order valence-electron chi connectivity index (χ1n) is 15.1. The highest BCUT2D eigenvalue weighted by Crippen LogP contribution is 2.33. The Morgan fingerprint density at radius 2 is 1.07 bits per heavy atom. The third-order valence-corrected chi connectivity index (χ3v) is 8.52. The van der Waals surface area contributed by atoms with Crippen LogP contribution in [0.5, 0.6) is 0 Å². The molecule has 9 aromatic rings. The highest BCUT2D eigenvalue weighted by atomic mass is 14.9. The lowest BCUT2D eigenvalue weighted by atomic mass is 9.98. The lowest BCUT2D eigenvalue weighted by molar-refractivity contribution is 1.18. The Morgan fingerprint density at radius 3 is 1.85 bits per heavy atom. The van der Waals surface area contributed by atoms with Gasteiger partial charge < -0.3 is 0 Å². The Labute approximate surface area is 264 Å². The van der Waals surface area contributed by atoms with Crippen molar-refractivity contribution in [2.45, 2.75) is 0 Å². The van der Waals surface area contributed by atoms with E-state index in [0.29, 0.717) is 11.6 Å². The summed E-state index contributed by atoms with van der Waals surface area (Å²) < 4.78 is 0. The zero-order chi connectivity index (χ0) is 30.5. The highest BCUT2D eigenvalue weighted by Gasteiger charge is 2.12. The van der Waals surface area contributed by atoms with Crippen molar-refractivity contribution in [3.8, 4) is 45.3 Å². The maximum absolute atomic E-state index is 4.97. The molecule has 5 aromatic carbocycles. The van der Waals surface area contributed by atoms with E-state index in [4.69, 9.17) is 9.97 Å². The molecule has 0 bridgehead atoms. The summed E-state index contributed by atoms with van der Waals surface area (Å²) in [6.45, 7) is 0. The quantitative estimate of drug-likeness (QED) is 0.191. The Balaban J connectivity index is 1.06. The van der Waals surface area contributed by atoms with Crippen LogP contribution in [0.4, 0.5) is 0 Å². The molecule has 6 heteroatoms. The van der Waals surface area contributed by atoms with Crippen LogP contribution in [0, 0.1) is 0 Å². The van der Waals surface area contributed by atoms with Gasteiger partial charge in [-0.3, -0.25) is 9.97 Å². The van der Waals surface area contributed by atoms with Crippen molar-refractivity contribution in [1.82, 2.24) is 29.9 Å². The van der Waals surface area contributed by atoms with Crippen LogP contribution in [0.25, 0.3) is 88.5 Å². The number of nitrogens with zero attached hydrogens (tertiary/aromatic N) is 6. The fourth-order valence-electron chi connectivity index (χ4n) is 6.23. The van der Waals surface area contributed by atoms with Gasteiger partial charge in [0, 0.05) is 64.0 Å². The second-order valence-electron chi connectivity index (χ2n) is 11.3. The van der Waals surface area contributed by atoms with Crippen LogP contribution in [0.3, 0.4) is 0 Å². The molecular weight excluding hydrogens is 564 g/mol. The molecule has 0 saturated carbocycles. The predicted molar refractivity (Wildman–Crippen MR) is 185 cm³/mol. The van der Waals surface area contributed by atoms with Crippen molar-refractivity contribution in [1.29, 1.82) is 0 Å². The molecule has 0 spiro atoms. The molecule has 0 amide bonds. The van der Waals surface area contributed by atoms with Gasteiger partial charge in [-0.05, 0) is 75.5 Å². The largest absolute Gasteiger partial charge is 0.264 e. The van der Waals surface area contributed by atoms with Crippen LogP contribution in [0.2, 0.25) is 0 Å². The lowest BCUT2D eigenvalue weighted by Gasteiger charge is -2.10. The minimum atomic E-state index is 0.691. The molecule has 0 fully saturated rings. The SMILES string of the molecule is c1cc(-c2ccnc(-c3ccc4c(ccc5cc(-c6nccc(-c7ccc8cnccc8c7)n6)ccc54)c3)n2)c2cccnc2c1. The fraction of sp³-hybridized carbons (Fsp3) is 0. The Bertz CT molecular complexity index is 2610. The standard InChI is InChI=1S/C40H24N6/c1-3-35(34-4-2-17-42-37(34)5-1)38-16-20-44-40(46-38)30-11-13-33-27(23-30)7-6-26-22-29(10-12-32(26)33)39-43-19-15-36(45-39)28-8-9-31-24-41-18-14-25(31)21-28/h1-24H. The van der Waals surface area contributed by atoms with Crippen molar-refractivity contribution in [2.24, 2.45) is 0 Å². The van der Waals surface area contributed by atoms with Crippen LogP contribution in [0.1, 0.15) is 0 Å². The molecule has 6 nitrogen and oxygen atoms in total. The summed E-state index contributed by atoms with van der Waals surface area (Å²) in [6, 6.07) is 39.6. The van der Waals surface area contributed by atoms with Crippen molar-refractivity contribution >= 4 is 43.2 Å². The molecule has 214 valence electrons. The van der Waals surface area contributed by atoms with Crippen LogP contribution < -0.4 is 0 Å². The first-order valence-corrected chi connectivity index (χ1v) is 15.1. The molecule has 0 saturated heterocycles. The third kappa shape index (κ3) is 4.52. The van der Waals surface area contributed by atoms with E-state index in [1.165, 1.54) is 10.8 Å². The van der Waals surface area contributed by atoms with E-state index in [0.717, 1.165) is 66.1 Å². The van der Waals surface area contributed by atoms with Gasteiger partial charge in [-0.1, -0.05) is 66.7 Å². The van der Waals surface area contributed by atoms with E-state index in [9.17, 15) is 0 Å². The first-order chi connectivity index (χ1) is 22.8. The zero-order valence-corrected chi connectivity index (χ0v) is 24.5. The van der Waals surface area contributed by atoms with Crippen molar-refractivity contribution in [3.63, 3.8) is 0 Å². The minimum absolute atomic E-state index is 0.691. The average molecular weight is 589 g/mol. The van der Waals surface area contributed by atoms with E-state index in [1.54, 1.807) is 0 Å². The van der Waals surface area contributed by atoms with Gasteiger partial charge in [0.15, 0.2) is 11.6 Å². The molecule has 0 radical (unpaired) electrons. The zero-order valence-electron chi connectivity index (χ0n) is 24.5. The molecule has 0 aliphatic rings. The van der Waals surface area contributed by atoms with E-state index < -0.39 is 0 Å².